The number of nitrogens with zero attached hydrogens (tertiary/aromatic N) is 4. The Morgan fingerprint density at radius 3 is 2.68 bits per heavy atom. The maximum atomic E-state index is 10.9. The van der Waals surface area contributed by atoms with Gasteiger partial charge < -0.3 is 15.5 Å². The van der Waals surface area contributed by atoms with E-state index >= 15 is 0 Å². The maximum absolute atomic E-state index is 10.9. The van der Waals surface area contributed by atoms with Gasteiger partial charge in [0.05, 0.1) is 4.92 Å². The van der Waals surface area contributed by atoms with Crippen molar-refractivity contribution in [2.75, 3.05) is 44.4 Å². The second-order valence-corrected chi connectivity index (χ2v) is 4.34. The molecular formula is C11H20N6O2. The minimum absolute atomic E-state index is 0.110. The quantitative estimate of drug-likeness (QED) is 0.539. The van der Waals surface area contributed by atoms with Gasteiger partial charge in [0.25, 0.3) is 0 Å². The number of aromatic nitrogens is 2. The minimum atomic E-state index is -0.485. The van der Waals surface area contributed by atoms with Gasteiger partial charge in [-0.15, -0.1) is 0 Å². The van der Waals surface area contributed by atoms with Gasteiger partial charge in [-0.25, -0.2) is 4.98 Å². The molecule has 0 aliphatic rings. The normalized spacial score (nSPS) is 10.5. The fourth-order valence-corrected chi connectivity index (χ4v) is 1.36. The van der Waals surface area contributed by atoms with E-state index in [1.165, 1.54) is 6.20 Å². The Morgan fingerprint density at radius 2 is 2.11 bits per heavy atom. The summed E-state index contributed by atoms with van der Waals surface area (Å²) in [5.41, 5.74) is -0.110. The topological polar surface area (TPSA) is 96.2 Å². The lowest BCUT2D eigenvalue weighted by Crippen LogP contribution is -2.21. The standard InChI is InChI=1S/C11H20N6O2/c1-4-5-13-11-14-8-9(17(18)19)10(15-11)12-6-7-16(2)3/h8H,4-7H2,1-3H3,(H2,12,13,14,15). The zero-order chi connectivity index (χ0) is 14.3. The Morgan fingerprint density at radius 1 is 1.37 bits per heavy atom. The summed E-state index contributed by atoms with van der Waals surface area (Å²) in [7, 11) is 3.87. The SMILES string of the molecule is CCCNc1ncc([N+](=O)[O-])c(NCCN(C)C)n1. The molecule has 0 atom stereocenters. The molecule has 0 aliphatic heterocycles. The Kier molecular flexibility index (Phi) is 5.94. The van der Waals surface area contributed by atoms with Crippen LogP contribution in [0, 0.1) is 10.1 Å². The molecule has 0 spiro atoms. The summed E-state index contributed by atoms with van der Waals surface area (Å²) in [6.45, 7) is 4.10. The van der Waals surface area contributed by atoms with E-state index in [0.29, 0.717) is 12.5 Å². The first kappa shape index (κ1) is 15.1. The summed E-state index contributed by atoms with van der Waals surface area (Å²) >= 11 is 0. The Bertz CT molecular complexity index is 424. The lowest BCUT2D eigenvalue weighted by molar-refractivity contribution is -0.384. The van der Waals surface area contributed by atoms with Crippen molar-refractivity contribution in [3.05, 3.63) is 16.3 Å². The molecule has 0 fully saturated rings. The van der Waals surface area contributed by atoms with Crippen molar-refractivity contribution in [2.45, 2.75) is 13.3 Å². The van der Waals surface area contributed by atoms with Crippen molar-refractivity contribution < 1.29 is 4.92 Å². The number of hydrogen-bond donors (Lipinski definition) is 2. The highest BCUT2D eigenvalue weighted by Gasteiger charge is 2.16. The van der Waals surface area contributed by atoms with Gasteiger partial charge in [0.15, 0.2) is 0 Å². The van der Waals surface area contributed by atoms with Crippen LogP contribution in [0.3, 0.4) is 0 Å². The average molecular weight is 268 g/mol. The van der Waals surface area contributed by atoms with Crippen LogP contribution in [0.1, 0.15) is 13.3 Å². The number of hydrogen-bond acceptors (Lipinski definition) is 7. The Hall–Kier alpha value is -1.96. The van der Waals surface area contributed by atoms with Crippen LogP contribution in [-0.4, -0.2) is 53.5 Å². The molecule has 2 N–H and O–H groups in total. The number of rotatable bonds is 8. The highest BCUT2D eigenvalue weighted by molar-refractivity contribution is 5.56. The van der Waals surface area contributed by atoms with Crippen LogP contribution >= 0.6 is 0 Å². The molecule has 0 radical (unpaired) electrons. The van der Waals surface area contributed by atoms with Crippen molar-refractivity contribution in [2.24, 2.45) is 0 Å². The summed E-state index contributed by atoms with van der Waals surface area (Å²) in [6.07, 6.45) is 2.16. The first-order valence-electron chi connectivity index (χ1n) is 6.18. The van der Waals surface area contributed by atoms with Crippen molar-refractivity contribution in [1.82, 2.24) is 14.9 Å². The lowest BCUT2D eigenvalue weighted by atomic mass is 10.4. The molecule has 0 aliphatic carbocycles. The van der Waals surface area contributed by atoms with Gasteiger partial charge >= 0.3 is 5.69 Å². The summed E-state index contributed by atoms with van der Waals surface area (Å²) in [5.74, 6) is 0.653. The van der Waals surface area contributed by atoms with Gasteiger partial charge in [-0.05, 0) is 20.5 Å². The lowest BCUT2D eigenvalue weighted by Gasteiger charge is -2.11. The molecule has 1 aromatic rings. The van der Waals surface area contributed by atoms with Gasteiger partial charge in [-0.2, -0.15) is 4.98 Å². The third-order valence-electron chi connectivity index (χ3n) is 2.35. The predicted molar refractivity (Wildman–Crippen MR) is 74.5 cm³/mol. The molecule has 0 amide bonds. The molecular weight excluding hydrogens is 248 g/mol. The minimum Gasteiger partial charge on any atom is -0.363 e. The zero-order valence-corrected chi connectivity index (χ0v) is 11.5. The van der Waals surface area contributed by atoms with E-state index in [0.717, 1.165) is 19.5 Å². The van der Waals surface area contributed by atoms with Gasteiger partial charge in [0, 0.05) is 19.6 Å². The summed E-state index contributed by atoms with van der Waals surface area (Å²) < 4.78 is 0. The summed E-state index contributed by atoms with van der Waals surface area (Å²) in [4.78, 5) is 20.5. The Labute approximate surface area is 112 Å². The van der Waals surface area contributed by atoms with Crippen molar-refractivity contribution in [3.8, 4) is 0 Å². The van der Waals surface area contributed by atoms with Gasteiger partial charge in [-0.1, -0.05) is 6.92 Å². The molecule has 8 nitrogen and oxygen atoms in total. The first-order valence-corrected chi connectivity index (χ1v) is 6.18. The van der Waals surface area contributed by atoms with E-state index in [-0.39, 0.29) is 11.5 Å². The third-order valence-corrected chi connectivity index (χ3v) is 2.35. The molecule has 8 heteroatoms. The fourth-order valence-electron chi connectivity index (χ4n) is 1.36. The second kappa shape index (κ2) is 7.47. The van der Waals surface area contributed by atoms with Gasteiger partial charge in [0.2, 0.25) is 11.8 Å². The second-order valence-electron chi connectivity index (χ2n) is 4.34. The highest BCUT2D eigenvalue weighted by Crippen LogP contribution is 2.21. The summed E-state index contributed by atoms with van der Waals surface area (Å²) in [6, 6.07) is 0. The Balaban J connectivity index is 2.79. The fraction of sp³-hybridized carbons (Fsp3) is 0.636. The highest BCUT2D eigenvalue weighted by atomic mass is 16.6. The maximum Gasteiger partial charge on any atom is 0.329 e. The van der Waals surface area contributed by atoms with Crippen LogP contribution in [-0.2, 0) is 0 Å². The smallest absolute Gasteiger partial charge is 0.329 e. The largest absolute Gasteiger partial charge is 0.363 e. The van der Waals surface area contributed by atoms with E-state index < -0.39 is 4.92 Å². The van der Waals surface area contributed by atoms with Crippen LogP contribution in [0.15, 0.2) is 6.20 Å². The summed E-state index contributed by atoms with van der Waals surface area (Å²) in [5, 5.41) is 16.9. The van der Waals surface area contributed by atoms with Gasteiger partial charge in [0.1, 0.15) is 6.20 Å². The molecule has 0 bridgehead atoms. The van der Waals surface area contributed by atoms with Crippen LogP contribution < -0.4 is 10.6 Å². The van der Waals surface area contributed by atoms with E-state index in [9.17, 15) is 10.1 Å². The van der Waals surface area contributed by atoms with Crippen molar-refractivity contribution >= 4 is 17.5 Å². The van der Waals surface area contributed by atoms with Crippen molar-refractivity contribution in [3.63, 3.8) is 0 Å². The molecule has 106 valence electrons. The first-order chi connectivity index (χ1) is 9.04. The number of likely N-dealkylation sites (N-methyl/N-ethyl adjacent to an activating group) is 1. The monoisotopic (exact) mass is 268 g/mol. The van der Waals surface area contributed by atoms with Crippen LogP contribution in [0.2, 0.25) is 0 Å². The molecule has 0 saturated carbocycles. The molecule has 1 rings (SSSR count). The predicted octanol–water partition coefficient (Wildman–Crippen LogP) is 1.18. The van der Waals surface area contributed by atoms with Crippen LogP contribution in [0.25, 0.3) is 0 Å². The molecule has 0 aromatic carbocycles. The molecule has 1 heterocycles. The van der Waals surface area contributed by atoms with E-state index in [4.69, 9.17) is 0 Å². The number of anilines is 2. The number of nitro groups is 1. The molecule has 1 aromatic heterocycles. The van der Waals surface area contributed by atoms with E-state index in [2.05, 4.69) is 20.6 Å². The molecule has 19 heavy (non-hydrogen) atoms. The van der Waals surface area contributed by atoms with Gasteiger partial charge in [-0.3, -0.25) is 10.1 Å². The zero-order valence-electron chi connectivity index (χ0n) is 11.5. The van der Waals surface area contributed by atoms with Crippen LogP contribution in [0.4, 0.5) is 17.5 Å². The van der Waals surface area contributed by atoms with Crippen molar-refractivity contribution in [1.29, 1.82) is 0 Å². The van der Waals surface area contributed by atoms with E-state index in [1.54, 1.807) is 0 Å². The molecule has 0 saturated heterocycles. The number of nitrogens with one attached hydrogen (secondary N) is 2. The third kappa shape index (κ3) is 5.04. The van der Waals surface area contributed by atoms with Crippen LogP contribution in [0.5, 0.6) is 0 Å². The molecule has 0 unspecified atom stereocenters. The van der Waals surface area contributed by atoms with E-state index in [1.807, 2.05) is 25.9 Å². The average Bonchev–Trinajstić information content (AvgIpc) is 2.35.